The van der Waals surface area contributed by atoms with Gasteiger partial charge in [-0.2, -0.15) is 0 Å². The summed E-state index contributed by atoms with van der Waals surface area (Å²) in [6, 6.07) is 2.75. The van der Waals surface area contributed by atoms with Gasteiger partial charge in [0, 0.05) is 24.0 Å². The Labute approximate surface area is 185 Å². The average Bonchev–Trinajstić information content (AvgIpc) is 2.93. The highest BCUT2D eigenvalue weighted by molar-refractivity contribution is 7.90. The third-order valence-corrected chi connectivity index (χ3v) is 5.96. The average molecular weight is 467 g/mol. The maximum Gasteiger partial charge on any atom is 0.333 e. The van der Waals surface area contributed by atoms with Gasteiger partial charge in [-0.05, 0) is 31.0 Å². The molecule has 1 aromatic rings. The molecule has 0 aromatic heterocycles. The summed E-state index contributed by atoms with van der Waals surface area (Å²) in [6.07, 6.45) is -2.91. The van der Waals surface area contributed by atoms with E-state index in [9.17, 15) is 33.0 Å². The van der Waals surface area contributed by atoms with Crippen LogP contribution in [0.1, 0.15) is 35.3 Å². The zero-order valence-electron chi connectivity index (χ0n) is 17.7. The molecule has 10 nitrogen and oxygen atoms in total. The molecule has 3 N–H and O–H groups in total. The van der Waals surface area contributed by atoms with E-state index in [0.29, 0.717) is 5.56 Å². The van der Waals surface area contributed by atoms with Crippen molar-refractivity contribution >= 4 is 27.9 Å². The van der Waals surface area contributed by atoms with Crippen LogP contribution in [0, 0.1) is 0 Å². The van der Waals surface area contributed by atoms with Crippen LogP contribution in [-0.2, 0) is 41.9 Å². The number of rotatable bonds is 10. The number of hydrogen-bond donors (Lipinski definition) is 3. The van der Waals surface area contributed by atoms with Crippen molar-refractivity contribution in [3.8, 4) is 0 Å². The van der Waals surface area contributed by atoms with Gasteiger partial charge in [0.1, 0.15) is 18.1 Å². The highest BCUT2D eigenvalue weighted by atomic mass is 32.2. The number of amides is 1. The van der Waals surface area contributed by atoms with Gasteiger partial charge in [0.05, 0.1) is 17.8 Å². The maximum atomic E-state index is 12.5. The molecule has 2 unspecified atom stereocenters. The van der Waals surface area contributed by atoms with Crippen molar-refractivity contribution in [2.45, 2.75) is 43.8 Å². The molecule has 0 spiro atoms. The second-order valence-electron chi connectivity index (χ2n) is 7.49. The van der Waals surface area contributed by atoms with Crippen molar-refractivity contribution in [2.24, 2.45) is 0 Å². The monoisotopic (exact) mass is 467 g/mol. The van der Waals surface area contributed by atoms with Crippen LogP contribution in [0.5, 0.6) is 0 Å². The lowest BCUT2D eigenvalue weighted by molar-refractivity contribution is -0.142. The summed E-state index contributed by atoms with van der Waals surface area (Å²) < 4.78 is 36.7. The van der Waals surface area contributed by atoms with E-state index in [1.807, 2.05) is 4.72 Å². The van der Waals surface area contributed by atoms with Gasteiger partial charge >= 0.3 is 11.9 Å². The van der Waals surface area contributed by atoms with Gasteiger partial charge in [-0.25, -0.2) is 22.7 Å². The molecule has 1 amide bonds. The Morgan fingerprint density at radius 1 is 1.00 bits per heavy atom. The lowest BCUT2D eigenvalue weighted by atomic mass is 9.95. The minimum Gasteiger partial charge on any atom is -0.460 e. The Hall–Kier alpha value is -3.02. The van der Waals surface area contributed by atoms with Gasteiger partial charge in [0.15, 0.2) is 0 Å². The highest BCUT2D eigenvalue weighted by Gasteiger charge is 2.36. The van der Waals surface area contributed by atoms with Gasteiger partial charge in [-0.1, -0.05) is 19.2 Å². The predicted molar refractivity (Wildman–Crippen MR) is 112 cm³/mol. The Morgan fingerprint density at radius 2 is 1.50 bits per heavy atom. The number of carbonyl (C=O) groups is 3. The van der Waals surface area contributed by atoms with Crippen LogP contribution in [0.4, 0.5) is 0 Å². The number of fused-ring (bicyclic) bond motifs is 1. The molecule has 0 fully saturated rings. The van der Waals surface area contributed by atoms with Crippen LogP contribution >= 0.6 is 0 Å². The van der Waals surface area contributed by atoms with Crippen LogP contribution < -0.4 is 4.72 Å². The van der Waals surface area contributed by atoms with Gasteiger partial charge < -0.3 is 19.7 Å². The molecular formula is C21H25NO9S. The van der Waals surface area contributed by atoms with E-state index in [2.05, 4.69) is 13.2 Å². The molecular weight excluding hydrogens is 442 g/mol. The third kappa shape index (κ3) is 6.02. The van der Waals surface area contributed by atoms with Crippen molar-refractivity contribution in [3.05, 3.63) is 53.1 Å². The van der Waals surface area contributed by atoms with Gasteiger partial charge in [-0.3, -0.25) is 4.79 Å². The number of nitrogens with one attached hydrogen (secondary N) is 1. The van der Waals surface area contributed by atoms with Gasteiger partial charge in [0.25, 0.3) is 15.9 Å². The SMILES string of the molecule is C=C(C)C(=O)OCC(O)Cc1ccc2c(c1CC(O)COC(=O)C(=C)C)S(=O)(=O)NC2=O. The summed E-state index contributed by atoms with van der Waals surface area (Å²) in [7, 11) is -4.18. The van der Waals surface area contributed by atoms with Crippen molar-refractivity contribution < 1.29 is 42.5 Å². The third-order valence-electron chi connectivity index (χ3n) is 4.50. The molecule has 174 valence electrons. The first kappa shape index (κ1) is 25.2. The molecule has 2 atom stereocenters. The van der Waals surface area contributed by atoms with Crippen LogP contribution in [0.2, 0.25) is 0 Å². The summed E-state index contributed by atoms with van der Waals surface area (Å²) in [4.78, 5) is 34.8. The first-order valence-corrected chi connectivity index (χ1v) is 11.0. The molecule has 32 heavy (non-hydrogen) atoms. The van der Waals surface area contributed by atoms with E-state index in [0.717, 1.165) is 0 Å². The molecule has 11 heteroatoms. The number of sulfonamides is 1. The van der Waals surface area contributed by atoms with E-state index < -0.39 is 46.7 Å². The summed E-state index contributed by atoms with van der Waals surface area (Å²) >= 11 is 0. The maximum absolute atomic E-state index is 12.5. The number of aliphatic hydroxyl groups is 2. The molecule has 0 saturated carbocycles. The number of aliphatic hydroxyl groups excluding tert-OH is 2. The molecule has 0 bridgehead atoms. The minimum absolute atomic E-state index is 0.0880. The molecule has 0 radical (unpaired) electrons. The topological polar surface area (TPSA) is 156 Å². The molecule has 0 aliphatic carbocycles. The van der Waals surface area contributed by atoms with E-state index in [4.69, 9.17) is 9.47 Å². The molecule has 1 aliphatic heterocycles. The highest BCUT2D eigenvalue weighted by Crippen LogP contribution is 2.31. The second-order valence-corrected chi connectivity index (χ2v) is 9.11. The summed E-state index contributed by atoms with van der Waals surface area (Å²) in [5.41, 5.74) is 0.581. The first-order chi connectivity index (χ1) is 14.8. The first-order valence-electron chi connectivity index (χ1n) is 9.56. The number of ether oxygens (including phenoxy) is 2. The summed E-state index contributed by atoms with van der Waals surface area (Å²) in [5, 5.41) is 20.6. The fourth-order valence-corrected chi connectivity index (χ4v) is 4.44. The zero-order valence-corrected chi connectivity index (χ0v) is 18.5. The summed E-state index contributed by atoms with van der Waals surface area (Å²) in [5.74, 6) is -2.22. The van der Waals surface area contributed by atoms with Crippen LogP contribution in [0.3, 0.4) is 0 Å². The van der Waals surface area contributed by atoms with Gasteiger partial charge in [0.2, 0.25) is 0 Å². The van der Waals surface area contributed by atoms with Gasteiger partial charge in [-0.15, -0.1) is 0 Å². The van der Waals surface area contributed by atoms with E-state index >= 15 is 0 Å². The van der Waals surface area contributed by atoms with Crippen molar-refractivity contribution in [1.82, 2.24) is 4.72 Å². The summed E-state index contributed by atoms with van der Waals surface area (Å²) in [6.45, 7) is 8.94. The van der Waals surface area contributed by atoms with Crippen molar-refractivity contribution in [3.63, 3.8) is 0 Å². The lowest BCUT2D eigenvalue weighted by Crippen LogP contribution is -2.26. The second kappa shape index (κ2) is 10.1. The van der Waals surface area contributed by atoms with Crippen molar-refractivity contribution in [2.75, 3.05) is 13.2 Å². The molecule has 1 aromatic carbocycles. The largest absolute Gasteiger partial charge is 0.460 e. The fourth-order valence-electron chi connectivity index (χ4n) is 2.99. The number of carbonyl (C=O) groups excluding carboxylic acids is 3. The normalized spacial score (nSPS) is 15.8. The molecule has 1 aliphatic rings. The molecule has 2 rings (SSSR count). The number of benzene rings is 1. The van der Waals surface area contributed by atoms with E-state index in [1.54, 1.807) is 0 Å². The Morgan fingerprint density at radius 3 is 2.00 bits per heavy atom. The van der Waals surface area contributed by atoms with Crippen LogP contribution in [0.15, 0.2) is 41.3 Å². The number of esters is 2. The molecule has 0 saturated heterocycles. The Balaban J connectivity index is 2.31. The Kier molecular flexibility index (Phi) is 7.94. The quantitative estimate of drug-likeness (QED) is 0.322. The predicted octanol–water partition coefficient (Wildman–Crippen LogP) is 0.164. The van der Waals surface area contributed by atoms with Crippen LogP contribution in [-0.4, -0.2) is 61.9 Å². The van der Waals surface area contributed by atoms with E-state index in [1.165, 1.54) is 26.0 Å². The van der Waals surface area contributed by atoms with Crippen LogP contribution in [0.25, 0.3) is 0 Å². The molecule has 1 heterocycles. The van der Waals surface area contributed by atoms with Crippen molar-refractivity contribution in [1.29, 1.82) is 0 Å². The Bertz CT molecular complexity index is 1070. The minimum atomic E-state index is -4.18. The zero-order chi connectivity index (χ0) is 24.2. The lowest BCUT2D eigenvalue weighted by Gasteiger charge is -2.19. The fraction of sp³-hybridized carbons (Fsp3) is 0.381. The standard InChI is InChI=1S/C21H25NO9S/c1-11(2)20(26)30-9-14(23)7-13-5-6-16-18(32(28,29)22-19(16)25)17(13)8-15(24)10-31-21(27)12(3)4/h5-6,14-15,23-24H,1,3,7-10H2,2,4H3,(H,22,25). The number of hydrogen-bond acceptors (Lipinski definition) is 9. The smallest absolute Gasteiger partial charge is 0.333 e. The van der Waals surface area contributed by atoms with E-state index in [-0.39, 0.29) is 46.6 Å².